The van der Waals surface area contributed by atoms with E-state index in [0.29, 0.717) is 0 Å². The molecule has 0 fully saturated rings. The highest BCUT2D eigenvalue weighted by Crippen LogP contribution is 2.10. The molecule has 1 aromatic rings. The van der Waals surface area contributed by atoms with Gasteiger partial charge in [-0.25, -0.2) is 0 Å². The first kappa shape index (κ1) is 8.04. The zero-order chi connectivity index (χ0) is 9.10. The van der Waals surface area contributed by atoms with E-state index >= 15 is 0 Å². The molecule has 0 unspecified atom stereocenters. The average molecular weight is 177 g/mol. The van der Waals surface area contributed by atoms with E-state index in [1.807, 2.05) is 12.1 Å². The summed E-state index contributed by atoms with van der Waals surface area (Å²) >= 11 is 0. The highest BCUT2D eigenvalue weighted by Gasteiger charge is 2.09. The maximum atomic E-state index is 5.09. The fraction of sp³-hybridized carbons (Fsp3) is 0.333. The van der Waals surface area contributed by atoms with E-state index < -0.39 is 0 Å². The van der Waals surface area contributed by atoms with E-state index in [9.17, 15) is 0 Å². The topological polar surface area (TPSA) is 46.5 Å². The number of amidine groups is 1. The Bertz CT molecular complexity index is 335. The lowest BCUT2D eigenvalue weighted by Crippen LogP contribution is -2.20. The van der Waals surface area contributed by atoms with Crippen LogP contribution in [0.2, 0.25) is 0 Å². The molecule has 1 aromatic heterocycles. The summed E-state index contributed by atoms with van der Waals surface area (Å²) in [4.78, 5) is 8.46. The minimum Gasteiger partial charge on any atom is -0.497 e. The predicted molar refractivity (Wildman–Crippen MR) is 50.2 cm³/mol. The molecule has 0 spiro atoms. The van der Waals surface area contributed by atoms with Gasteiger partial charge in [0, 0.05) is 18.8 Å². The van der Waals surface area contributed by atoms with Gasteiger partial charge in [0.2, 0.25) is 0 Å². The van der Waals surface area contributed by atoms with Crippen molar-refractivity contribution < 1.29 is 4.74 Å². The predicted octanol–water partition coefficient (Wildman–Crippen LogP) is 0.440. The molecule has 0 radical (unpaired) electrons. The highest BCUT2D eigenvalue weighted by atomic mass is 16.5. The first-order valence-electron chi connectivity index (χ1n) is 4.19. The molecule has 13 heavy (non-hydrogen) atoms. The fourth-order valence-corrected chi connectivity index (χ4v) is 1.24. The molecule has 0 amide bonds. The molecule has 0 saturated carbocycles. The van der Waals surface area contributed by atoms with Crippen LogP contribution in [0.4, 0.5) is 0 Å². The molecule has 1 aliphatic rings. The molecule has 2 heterocycles. The van der Waals surface area contributed by atoms with Crippen molar-refractivity contribution in [2.45, 2.75) is 0 Å². The lowest BCUT2D eigenvalue weighted by atomic mass is 10.3. The molecule has 68 valence electrons. The molecule has 0 bridgehead atoms. The summed E-state index contributed by atoms with van der Waals surface area (Å²) in [7, 11) is 1.64. The summed E-state index contributed by atoms with van der Waals surface area (Å²) in [6.45, 7) is 1.72. The Morgan fingerprint density at radius 2 is 2.46 bits per heavy atom. The quantitative estimate of drug-likeness (QED) is 0.713. The van der Waals surface area contributed by atoms with Crippen molar-refractivity contribution in [3.8, 4) is 5.75 Å². The zero-order valence-corrected chi connectivity index (χ0v) is 7.45. The smallest absolute Gasteiger partial charge is 0.147 e. The van der Waals surface area contributed by atoms with Crippen molar-refractivity contribution in [1.29, 1.82) is 0 Å². The van der Waals surface area contributed by atoms with Gasteiger partial charge in [0.25, 0.3) is 0 Å². The van der Waals surface area contributed by atoms with Gasteiger partial charge in [-0.15, -0.1) is 0 Å². The minimum absolute atomic E-state index is 0.807. The summed E-state index contributed by atoms with van der Waals surface area (Å²) in [5.74, 6) is 1.67. The maximum Gasteiger partial charge on any atom is 0.147 e. The Balaban J connectivity index is 2.29. The van der Waals surface area contributed by atoms with Crippen LogP contribution in [0, 0.1) is 0 Å². The fourth-order valence-electron chi connectivity index (χ4n) is 1.24. The van der Waals surface area contributed by atoms with Crippen LogP contribution in [-0.2, 0) is 0 Å². The van der Waals surface area contributed by atoms with Crippen molar-refractivity contribution >= 4 is 5.84 Å². The van der Waals surface area contributed by atoms with E-state index in [4.69, 9.17) is 4.74 Å². The lowest BCUT2D eigenvalue weighted by Gasteiger charge is -2.03. The number of hydrogen-bond donors (Lipinski definition) is 1. The second-order valence-corrected chi connectivity index (χ2v) is 2.74. The van der Waals surface area contributed by atoms with E-state index in [-0.39, 0.29) is 0 Å². The maximum absolute atomic E-state index is 5.09. The van der Waals surface area contributed by atoms with Crippen LogP contribution in [-0.4, -0.2) is 31.0 Å². The number of nitrogens with one attached hydrogen (secondary N) is 1. The molecule has 4 nitrogen and oxygen atoms in total. The van der Waals surface area contributed by atoms with Crippen LogP contribution in [0.25, 0.3) is 0 Å². The van der Waals surface area contributed by atoms with Gasteiger partial charge in [0.05, 0.1) is 13.7 Å². The van der Waals surface area contributed by atoms with Crippen molar-refractivity contribution in [3.63, 3.8) is 0 Å². The zero-order valence-electron chi connectivity index (χ0n) is 7.45. The Kier molecular flexibility index (Phi) is 2.12. The third-order valence-electron chi connectivity index (χ3n) is 1.88. The van der Waals surface area contributed by atoms with Gasteiger partial charge in [-0.2, -0.15) is 0 Å². The molecular weight excluding hydrogens is 166 g/mol. The first-order chi connectivity index (χ1) is 6.40. The average Bonchev–Trinajstić information content (AvgIpc) is 2.71. The Labute approximate surface area is 76.7 Å². The summed E-state index contributed by atoms with van der Waals surface area (Å²) in [6.07, 6.45) is 1.72. The lowest BCUT2D eigenvalue weighted by molar-refractivity contribution is 0.414. The van der Waals surface area contributed by atoms with Crippen molar-refractivity contribution in [2.24, 2.45) is 4.99 Å². The van der Waals surface area contributed by atoms with E-state index in [0.717, 1.165) is 30.4 Å². The Morgan fingerprint density at radius 1 is 1.54 bits per heavy atom. The number of methoxy groups -OCH3 is 1. The molecule has 0 saturated heterocycles. The van der Waals surface area contributed by atoms with Crippen LogP contribution in [0.5, 0.6) is 5.75 Å². The van der Waals surface area contributed by atoms with Gasteiger partial charge >= 0.3 is 0 Å². The second kappa shape index (κ2) is 3.43. The number of ether oxygens (including phenoxy) is 1. The molecule has 0 atom stereocenters. The van der Waals surface area contributed by atoms with Crippen LogP contribution >= 0.6 is 0 Å². The molecule has 2 rings (SSSR count). The number of hydrogen-bond acceptors (Lipinski definition) is 4. The number of aliphatic imine (C=N–C) groups is 1. The van der Waals surface area contributed by atoms with E-state index in [1.54, 1.807) is 13.3 Å². The molecule has 1 N–H and O–H groups in total. The van der Waals surface area contributed by atoms with Gasteiger partial charge < -0.3 is 10.1 Å². The van der Waals surface area contributed by atoms with E-state index in [1.165, 1.54) is 0 Å². The summed E-state index contributed by atoms with van der Waals surface area (Å²) < 4.78 is 5.09. The van der Waals surface area contributed by atoms with Crippen molar-refractivity contribution in [1.82, 2.24) is 10.3 Å². The second-order valence-electron chi connectivity index (χ2n) is 2.74. The molecule has 4 heteroatoms. The summed E-state index contributed by atoms with van der Waals surface area (Å²) in [5, 5.41) is 3.16. The normalized spacial score (nSPS) is 15.0. The monoisotopic (exact) mass is 177 g/mol. The van der Waals surface area contributed by atoms with E-state index in [2.05, 4.69) is 15.3 Å². The molecule has 0 aliphatic carbocycles. The molecule has 1 aliphatic heterocycles. The largest absolute Gasteiger partial charge is 0.497 e. The Hall–Kier alpha value is -1.58. The third kappa shape index (κ3) is 1.61. The van der Waals surface area contributed by atoms with Gasteiger partial charge in [-0.3, -0.25) is 9.98 Å². The van der Waals surface area contributed by atoms with Gasteiger partial charge in [0.1, 0.15) is 17.3 Å². The van der Waals surface area contributed by atoms with Crippen LogP contribution in [0.3, 0.4) is 0 Å². The summed E-state index contributed by atoms with van der Waals surface area (Å²) in [5.41, 5.74) is 0.844. The van der Waals surface area contributed by atoms with Crippen molar-refractivity contribution in [3.05, 3.63) is 24.0 Å². The molecular formula is C9H11N3O. The van der Waals surface area contributed by atoms with Crippen LogP contribution in [0.15, 0.2) is 23.3 Å². The highest BCUT2D eigenvalue weighted by molar-refractivity contribution is 5.98. The molecule has 0 aromatic carbocycles. The van der Waals surface area contributed by atoms with Crippen LogP contribution in [0.1, 0.15) is 5.69 Å². The first-order valence-corrected chi connectivity index (χ1v) is 4.19. The van der Waals surface area contributed by atoms with Gasteiger partial charge in [0.15, 0.2) is 0 Å². The number of nitrogens with zero attached hydrogens (tertiary/aromatic N) is 2. The standard InChI is InChI=1S/C9H11N3O/c1-13-7-2-3-10-8(6-7)9-11-4-5-12-9/h2-3,6H,4-5H2,1H3,(H,11,12). The van der Waals surface area contributed by atoms with Crippen LogP contribution < -0.4 is 10.1 Å². The van der Waals surface area contributed by atoms with Crippen molar-refractivity contribution in [2.75, 3.05) is 20.2 Å². The third-order valence-corrected chi connectivity index (χ3v) is 1.88. The number of pyridine rings is 1. The van der Waals surface area contributed by atoms with Gasteiger partial charge in [-0.1, -0.05) is 0 Å². The Morgan fingerprint density at radius 3 is 3.15 bits per heavy atom. The SMILES string of the molecule is COc1ccnc(C2=NCCN2)c1. The summed E-state index contributed by atoms with van der Waals surface area (Å²) in [6, 6.07) is 3.69. The minimum atomic E-state index is 0.807. The number of aromatic nitrogens is 1. The van der Waals surface area contributed by atoms with Gasteiger partial charge in [-0.05, 0) is 6.07 Å². The number of rotatable bonds is 2.